The highest BCUT2D eigenvalue weighted by atomic mass is 35.5. The number of carbonyl (C=O) groups is 1. The van der Waals surface area contributed by atoms with E-state index in [2.05, 4.69) is 10.0 Å². The molecule has 1 rings (SSSR count). The Labute approximate surface area is 124 Å². The number of sulfonamides is 1. The Bertz CT molecular complexity index is 529. The SMILES string of the molecule is Cc1ccc(C(=O)NCCNS(=O)(=O)CCCCl)cc1. The molecule has 0 aromatic heterocycles. The summed E-state index contributed by atoms with van der Waals surface area (Å²) in [5, 5.41) is 2.66. The van der Waals surface area contributed by atoms with E-state index in [0.29, 0.717) is 17.9 Å². The van der Waals surface area contributed by atoms with Crippen LogP contribution in [0.25, 0.3) is 0 Å². The number of hydrogen-bond donors (Lipinski definition) is 2. The zero-order valence-corrected chi connectivity index (χ0v) is 12.9. The molecule has 7 heteroatoms. The molecule has 1 aromatic carbocycles. The smallest absolute Gasteiger partial charge is 0.251 e. The number of benzene rings is 1. The van der Waals surface area contributed by atoms with E-state index < -0.39 is 10.0 Å². The molecular formula is C13H19ClN2O3S. The minimum atomic E-state index is -3.30. The van der Waals surface area contributed by atoms with Crippen LogP contribution in [0.5, 0.6) is 0 Å². The zero-order chi connectivity index (χ0) is 15.0. The summed E-state index contributed by atoms with van der Waals surface area (Å²) in [4.78, 5) is 11.7. The van der Waals surface area contributed by atoms with Gasteiger partial charge in [0.25, 0.3) is 5.91 Å². The molecule has 0 atom stereocenters. The number of halogens is 1. The van der Waals surface area contributed by atoms with Crippen LogP contribution in [0.4, 0.5) is 0 Å². The van der Waals surface area contributed by atoms with E-state index in [0.717, 1.165) is 5.56 Å². The van der Waals surface area contributed by atoms with Crippen LogP contribution in [-0.4, -0.2) is 39.0 Å². The summed E-state index contributed by atoms with van der Waals surface area (Å²) in [6.07, 6.45) is 0.409. The quantitative estimate of drug-likeness (QED) is 0.560. The lowest BCUT2D eigenvalue weighted by atomic mass is 10.1. The monoisotopic (exact) mass is 318 g/mol. The molecule has 0 fully saturated rings. The lowest BCUT2D eigenvalue weighted by molar-refractivity contribution is 0.0954. The van der Waals surface area contributed by atoms with E-state index >= 15 is 0 Å². The van der Waals surface area contributed by atoms with Crippen molar-refractivity contribution < 1.29 is 13.2 Å². The van der Waals surface area contributed by atoms with Gasteiger partial charge in [0.1, 0.15) is 0 Å². The first-order chi connectivity index (χ1) is 9.44. The maximum Gasteiger partial charge on any atom is 0.251 e. The molecule has 2 N–H and O–H groups in total. The van der Waals surface area contributed by atoms with Crippen molar-refractivity contribution in [3.63, 3.8) is 0 Å². The molecule has 5 nitrogen and oxygen atoms in total. The molecule has 112 valence electrons. The fraction of sp³-hybridized carbons (Fsp3) is 0.462. The molecule has 0 spiro atoms. The van der Waals surface area contributed by atoms with Gasteiger partial charge in [0.05, 0.1) is 5.75 Å². The van der Waals surface area contributed by atoms with Gasteiger partial charge in [-0.15, -0.1) is 11.6 Å². The molecular weight excluding hydrogens is 300 g/mol. The average Bonchev–Trinajstić information content (AvgIpc) is 2.42. The van der Waals surface area contributed by atoms with Gasteiger partial charge in [-0.05, 0) is 25.5 Å². The van der Waals surface area contributed by atoms with E-state index in [9.17, 15) is 13.2 Å². The van der Waals surface area contributed by atoms with Gasteiger partial charge in [-0.1, -0.05) is 17.7 Å². The van der Waals surface area contributed by atoms with Crippen LogP contribution in [0, 0.1) is 6.92 Å². The summed E-state index contributed by atoms with van der Waals surface area (Å²) in [6, 6.07) is 7.16. The first-order valence-corrected chi connectivity index (χ1v) is 8.51. The molecule has 0 aliphatic rings. The summed E-state index contributed by atoms with van der Waals surface area (Å²) in [5.74, 6) is 0.0953. The van der Waals surface area contributed by atoms with Crippen molar-refractivity contribution in [2.75, 3.05) is 24.7 Å². The molecule has 0 saturated carbocycles. The molecule has 0 aliphatic carbocycles. The third-order valence-corrected chi connectivity index (χ3v) is 4.33. The van der Waals surface area contributed by atoms with Crippen LogP contribution in [-0.2, 0) is 10.0 Å². The lowest BCUT2D eigenvalue weighted by Crippen LogP contribution is -2.35. The van der Waals surface area contributed by atoms with Crippen LogP contribution in [0.15, 0.2) is 24.3 Å². The average molecular weight is 319 g/mol. The molecule has 20 heavy (non-hydrogen) atoms. The van der Waals surface area contributed by atoms with E-state index in [1.54, 1.807) is 12.1 Å². The van der Waals surface area contributed by atoms with Crippen molar-refractivity contribution in [3.8, 4) is 0 Å². The number of alkyl halides is 1. The molecule has 1 amide bonds. The zero-order valence-electron chi connectivity index (χ0n) is 11.4. The second-order valence-corrected chi connectivity index (χ2v) is 6.68. The van der Waals surface area contributed by atoms with Crippen molar-refractivity contribution in [1.82, 2.24) is 10.0 Å². The summed E-state index contributed by atoms with van der Waals surface area (Å²) in [6.45, 7) is 2.35. The predicted octanol–water partition coefficient (Wildman–Crippen LogP) is 1.27. The summed E-state index contributed by atoms with van der Waals surface area (Å²) in [5.41, 5.74) is 1.63. The minimum absolute atomic E-state index is 0.00239. The maximum atomic E-state index is 11.7. The summed E-state index contributed by atoms with van der Waals surface area (Å²) < 4.78 is 25.3. The Hall–Kier alpha value is -1.11. The van der Waals surface area contributed by atoms with E-state index in [1.165, 1.54) is 0 Å². The van der Waals surface area contributed by atoms with Crippen LogP contribution in [0.2, 0.25) is 0 Å². The minimum Gasteiger partial charge on any atom is -0.351 e. The van der Waals surface area contributed by atoms with Gasteiger partial charge in [0.15, 0.2) is 0 Å². The van der Waals surface area contributed by atoms with Gasteiger partial charge < -0.3 is 5.32 Å². The first kappa shape index (κ1) is 16.9. The highest BCUT2D eigenvalue weighted by molar-refractivity contribution is 7.89. The molecule has 0 saturated heterocycles. The van der Waals surface area contributed by atoms with Gasteiger partial charge in [-0.25, -0.2) is 13.1 Å². The number of nitrogens with one attached hydrogen (secondary N) is 2. The van der Waals surface area contributed by atoms with E-state index in [-0.39, 0.29) is 24.7 Å². The van der Waals surface area contributed by atoms with Crippen molar-refractivity contribution in [3.05, 3.63) is 35.4 Å². The van der Waals surface area contributed by atoms with Crippen LogP contribution < -0.4 is 10.0 Å². The second-order valence-electron chi connectivity index (χ2n) is 4.38. The number of amides is 1. The fourth-order valence-corrected chi connectivity index (χ4v) is 2.88. The fourth-order valence-electron chi connectivity index (χ4n) is 1.51. The van der Waals surface area contributed by atoms with E-state index in [4.69, 9.17) is 11.6 Å². The van der Waals surface area contributed by atoms with Crippen LogP contribution >= 0.6 is 11.6 Å². The van der Waals surface area contributed by atoms with Crippen molar-refractivity contribution in [2.24, 2.45) is 0 Å². The van der Waals surface area contributed by atoms with Crippen molar-refractivity contribution in [1.29, 1.82) is 0 Å². The lowest BCUT2D eigenvalue weighted by Gasteiger charge is -2.07. The summed E-state index contributed by atoms with van der Waals surface area (Å²) >= 11 is 5.44. The topological polar surface area (TPSA) is 75.3 Å². The Balaban J connectivity index is 2.30. The normalized spacial score (nSPS) is 11.3. The third-order valence-electron chi connectivity index (χ3n) is 2.59. The standard InChI is InChI=1S/C13H19ClN2O3S/c1-11-3-5-12(6-4-11)13(17)15-8-9-16-20(18,19)10-2-7-14/h3-6,16H,2,7-10H2,1H3,(H,15,17). The molecule has 0 bridgehead atoms. The van der Waals surface area contributed by atoms with Crippen molar-refractivity contribution >= 4 is 27.5 Å². The van der Waals surface area contributed by atoms with Gasteiger partial charge in [-0.3, -0.25) is 4.79 Å². The number of hydrogen-bond acceptors (Lipinski definition) is 3. The Morgan fingerprint density at radius 2 is 1.85 bits per heavy atom. The van der Waals surface area contributed by atoms with Crippen molar-refractivity contribution in [2.45, 2.75) is 13.3 Å². The van der Waals surface area contributed by atoms with Gasteiger partial charge in [0.2, 0.25) is 10.0 Å². The molecule has 1 aromatic rings. The first-order valence-electron chi connectivity index (χ1n) is 6.33. The highest BCUT2D eigenvalue weighted by Crippen LogP contribution is 2.02. The number of carbonyl (C=O) groups excluding carboxylic acids is 1. The molecule has 0 unspecified atom stereocenters. The Kier molecular flexibility index (Phi) is 6.98. The second kappa shape index (κ2) is 8.24. The Morgan fingerprint density at radius 1 is 1.20 bits per heavy atom. The van der Waals surface area contributed by atoms with Crippen LogP contribution in [0.1, 0.15) is 22.3 Å². The van der Waals surface area contributed by atoms with Crippen LogP contribution in [0.3, 0.4) is 0 Å². The van der Waals surface area contributed by atoms with Gasteiger partial charge in [-0.2, -0.15) is 0 Å². The molecule has 0 aliphatic heterocycles. The molecule has 0 radical (unpaired) electrons. The summed E-state index contributed by atoms with van der Waals surface area (Å²) in [7, 11) is -3.30. The largest absolute Gasteiger partial charge is 0.351 e. The maximum absolute atomic E-state index is 11.7. The highest BCUT2D eigenvalue weighted by Gasteiger charge is 2.09. The number of rotatable bonds is 8. The third kappa shape index (κ3) is 6.36. The number of aryl methyl sites for hydroxylation is 1. The molecule has 0 heterocycles. The van der Waals surface area contributed by atoms with Gasteiger partial charge >= 0.3 is 0 Å². The Morgan fingerprint density at radius 3 is 2.45 bits per heavy atom. The van der Waals surface area contributed by atoms with Gasteiger partial charge in [0, 0.05) is 24.5 Å². The van der Waals surface area contributed by atoms with E-state index in [1.807, 2.05) is 19.1 Å². The predicted molar refractivity (Wildman–Crippen MR) is 80.6 cm³/mol.